The number of amides is 1. The third-order valence-corrected chi connectivity index (χ3v) is 5.29. The van der Waals surface area contributed by atoms with Gasteiger partial charge >= 0.3 is 5.97 Å². The maximum Gasteiger partial charge on any atom is 0.306 e. The molecule has 2 fully saturated rings. The molecular weight excluding hydrogens is 439 g/mol. The average Bonchev–Trinajstić information content (AvgIpc) is 3.54. The van der Waals surface area contributed by atoms with Crippen molar-refractivity contribution < 1.29 is 34.0 Å². The van der Waals surface area contributed by atoms with Crippen LogP contribution in [-0.2, 0) is 25.8 Å². The van der Waals surface area contributed by atoms with E-state index in [0.29, 0.717) is 5.92 Å². The highest BCUT2D eigenvalue weighted by Gasteiger charge is 2.35. The van der Waals surface area contributed by atoms with Crippen molar-refractivity contribution >= 4 is 11.9 Å². The molecule has 1 aliphatic heterocycles. The number of halogens is 1. The molecule has 3 rings (SSSR count). The molecule has 180 valence electrons. The molecule has 4 atom stereocenters. The summed E-state index contributed by atoms with van der Waals surface area (Å²) >= 11 is 0. The molecule has 33 heavy (non-hydrogen) atoms. The molecule has 2 aliphatic rings. The van der Waals surface area contributed by atoms with Gasteiger partial charge in [0.05, 0.1) is 25.6 Å². The first-order valence-corrected chi connectivity index (χ1v) is 10.5. The van der Waals surface area contributed by atoms with Crippen LogP contribution in [0, 0.1) is 29.5 Å². The third kappa shape index (κ3) is 9.31. The standard InChI is InChI=1S/C15H21FN6O.C5H6O5/c16-12-4-14(5-17)22(8-12)15(23)6-19-13-2-1-11(3-13)7-21-10-18-9-20-21;6-5(7)1-2-9-3-4-10-8/h9-14,19H,1-4,6-8H2;8H,1-2H2,(H,6,7)/t11-,12-,13+,14-;/m0./s1. The van der Waals surface area contributed by atoms with Gasteiger partial charge < -0.3 is 20.1 Å². The Kier molecular flexibility index (Phi) is 10.9. The van der Waals surface area contributed by atoms with Crippen LogP contribution in [0.5, 0.6) is 0 Å². The van der Waals surface area contributed by atoms with E-state index in [1.165, 1.54) is 11.2 Å². The van der Waals surface area contributed by atoms with Gasteiger partial charge in [0.1, 0.15) is 31.5 Å². The first-order valence-electron chi connectivity index (χ1n) is 10.5. The Balaban J connectivity index is 0.000000328. The maximum atomic E-state index is 13.4. The second-order valence-electron chi connectivity index (χ2n) is 7.69. The smallest absolute Gasteiger partial charge is 0.306 e. The van der Waals surface area contributed by atoms with Crippen molar-refractivity contribution in [2.45, 2.75) is 56.9 Å². The summed E-state index contributed by atoms with van der Waals surface area (Å²) in [6.07, 6.45) is 8.87. The molecule has 0 bridgehead atoms. The number of hydrogen-bond donors (Lipinski definition) is 3. The van der Waals surface area contributed by atoms with Gasteiger partial charge in [-0.3, -0.25) is 19.2 Å². The van der Waals surface area contributed by atoms with Gasteiger partial charge in [0, 0.05) is 19.0 Å². The monoisotopic (exact) mass is 466 g/mol. The van der Waals surface area contributed by atoms with E-state index in [0.717, 1.165) is 25.8 Å². The second-order valence-corrected chi connectivity index (χ2v) is 7.69. The third-order valence-electron chi connectivity index (χ3n) is 5.29. The summed E-state index contributed by atoms with van der Waals surface area (Å²) in [6, 6.07) is 1.67. The summed E-state index contributed by atoms with van der Waals surface area (Å²) in [4.78, 5) is 30.6. The Morgan fingerprint density at radius 2 is 2.12 bits per heavy atom. The molecule has 1 saturated carbocycles. The van der Waals surface area contributed by atoms with Gasteiger partial charge in [-0.2, -0.15) is 15.6 Å². The number of nitrogens with zero attached hydrogens (tertiary/aromatic N) is 5. The molecule has 3 N–H and O–H groups in total. The van der Waals surface area contributed by atoms with E-state index in [1.807, 2.05) is 16.9 Å². The Morgan fingerprint density at radius 1 is 1.30 bits per heavy atom. The van der Waals surface area contributed by atoms with E-state index in [4.69, 9.17) is 15.6 Å². The minimum Gasteiger partial charge on any atom is -0.481 e. The van der Waals surface area contributed by atoms with Crippen molar-refractivity contribution in [1.82, 2.24) is 25.0 Å². The van der Waals surface area contributed by atoms with E-state index in [9.17, 15) is 14.0 Å². The zero-order valence-electron chi connectivity index (χ0n) is 18.0. The number of carbonyl (C=O) groups is 2. The number of carboxylic acids is 1. The summed E-state index contributed by atoms with van der Waals surface area (Å²) < 4.78 is 19.6. The van der Waals surface area contributed by atoms with Gasteiger partial charge in [-0.05, 0) is 25.2 Å². The largest absolute Gasteiger partial charge is 0.481 e. The summed E-state index contributed by atoms with van der Waals surface area (Å²) in [7, 11) is 0. The Morgan fingerprint density at radius 3 is 2.79 bits per heavy atom. The minimum atomic E-state index is -1.08. The number of aliphatic carboxylic acids is 1. The second kappa shape index (κ2) is 13.9. The van der Waals surface area contributed by atoms with Crippen molar-refractivity contribution in [3.8, 4) is 18.3 Å². The van der Waals surface area contributed by atoms with Crippen LogP contribution in [0.3, 0.4) is 0 Å². The first-order chi connectivity index (χ1) is 15.9. The molecule has 1 saturated heterocycles. The highest BCUT2D eigenvalue weighted by Crippen LogP contribution is 2.27. The SMILES string of the molecule is N#C[C@@H]1C[C@H](F)CN1C(=O)CN[C@@H]1CC[C@H](Cn2cncn2)C1.O=C(O)CCOC#COO. The van der Waals surface area contributed by atoms with E-state index in [-0.39, 0.29) is 44.5 Å². The molecule has 1 aromatic rings. The van der Waals surface area contributed by atoms with Crippen LogP contribution in [0.1, 0.15) is 32.1 Å². The fourth-order valence-corrected chi connectivity index (χ4v) is 3.77. The normalized spacial score (nSPS) is 23.5. The quantitative estimate of drug-likeness (QED) is 0.211. The highest BCUT2D eigenvalue weighted by atomic mass is 19.1. The number of carboxylic acid groups (broad SMARTS) is 1. The number of alkyl halides is 1. The summed E-state index contributed by atoms with van der Waals surface area (Å²) in [5, 5.41) is 32.0. The molecule has 1 aliphatic carbocycles. The molecule has 0 radical (unpaired) electrons. The fraction of sp³-hybridized carbons (Fsp3) is 0.650. The van der Waals surface area contributed by atoms with Gasteiger partial charge in [0.2, 0.25) is 12.0 Å². The molecule has 12 nitrogen and oxygen atoms in total. The van der Waals surface area contributed by atoms with Crippen molar-refractivity contribution in [2.24, 2.45) is 5.92 Å². The fourth-order valence-electron chi connectivity index (χ4n) is 3.77. The number of likely N-dealkylation sites (tertiary alicyclic amines) is 1. The molecule has 2 heterocycles. The van der Waals surface area contributed by atoms with Gasteiger partial charge in [-0.15, -0.1) is 0 Å². The molecular formula is C20H27FN6O6. The minimum absolute atomic E-state index is 0.0221. The van der Waals surface area contributed by atoms with E-state index >= 15 is 0 Å². The number of nitrogens with one attached hydrogen (secondary N) is 1. The average molecular weight is 466 g/mol. The zero-order chi connectivity index (χ0) is 24.1. The topological polar surface area (TPSA) is 163 Å². The highest BCUT2D eigenvalue weighted by molar-refractivity contribution is 5.79. The number of ether oxygens (including phenoxy) is 1. The molecule has 1 aromatic heterocycles. The maximum absolute atomic E-state index is 13.4. The molecule has 0 spiro atoms. The number of rotatable bonds is 8. The number of nitriles is 1. The van der Waals surface area contributed by atoms with Crippen LogP contribution in [0.15, 0.2) is 12.7 Å². The zero-order valence-corrected chi connectivity index (χ0v) is 18.0. The van der Waals surface area contributed by atoms with Crippen LogP contribution < -0.4 is 5.32 Å². The van der Waals surface area contributed by atoms with Gasteiger partial charge in [-0.25, -0.2) is 9.37 Å². The predicted octanol–water partition coefficient (Wildman–Crippen LogP) is 0.385. The van der Waals surface area contributed by atoms with Crippen molar-refractivity contribution in [2.75, 3.05) is 19.7 Å². The molecule has 0 aromatic carbocycles. The first kappa shape index (κ1) is 25.8. The summed E-state index contributed by atoms with van der Waals surface area (Å²) in [5.74, 6) is -0.624. The lowest BCUT2D eigenvalue weighted by molar-refractivity contribution is -0.172. The summed E-state index contributed by atoms with van der Waals surface area (Å²) in [6.45, 7) is 1.04. The lowest BCUT2D eigenvalue weighted by atomic mass is 10.1. The Labute approximate surface area is 190 Å². The molecule has 13 heteroatoms. The van der Waals surface area contributed by atoms with Gasteiger partial charge in [0.15, 0.2) is 6.11 Å². The van der Waals surface area contributed by atoms with Crippen LogP contribution in [-0.4, -0.2) is 79.9 Å². The van der Waals surface area contributed by atoms with Crippen LogP contribution in [0.25, 0.3) is 0 Å². The van der Waals surface area contributed by atoms with Crippen molar-refractivity contribution in [3.63, 3.8) is 0 Å². The lowest BCUT2D eigenvalue weighted by Crippen LogP contribution is -2.43. The van der Waals surface area contributed by atoms with E-state index in [1.54, 1.807) is 12.4 Å². The molecule has 1 amide bonds. The Bertz CT molecular complexity index is 851. The van der Waals surface area contributed by atoms with Gasteiger partial charge in [0.25, 0.3) is 0 Å². The van der Waals surface area contributed by atoms with Crippen LogP contribution in [0.4, 0.5) is 4.39 Å². The lowest BCUT2D eigenvalue weighted by Gasteiger charge is -2.21. The van der Waals surface area contributed by atoms with Gasteiger partial charge in [-0.1, -0.05) is 0 Å². The van der Waals surface area contributed by atoms with Crippen molar-refractivity contribution in [3.05, 3.63) is 12.7 Å². The number of aromatic nitrogens is 3. The number of hydrogen-bond acceptors (Lipinski definition) is 9. The van der Waals surface area contributed by atoms with Crippen molar-refractivity contribution in [1.29, 1.82) is 5.26 Å². The summed E-state index contributed by atoms with van der Waals surface area (Å²) in [5.41, 5.74) is 0. The van der Waals surface area contributed by atoms with Crippen LogP contribution >= 0.6 is 0 Å². The number of carbonyl (C=O) groups excluding carboxylic acids is 1. The predicted molar refractivity (Wildman–Crippen MR) is 109 cm³/mol. The van der Waals surface area contributed by atoms with E-state index in [2.05, 4.69) is 25.0 Å². The van der Waals surface area contributed by atoms with E-state index < -0.39 is 18.2 Å². The molecule has 0 unspecified atom stereocenters. The Hall–Kier alpha value is -3.42. The van der Waals surface area contributed by atoms with Crippen LogP contribution in [0.2, 0.25) is 0 Å².